The van der Waals surface area contributed by atoms with Crippen LogP contribution in [0.4, 0.5) is 0 Å². The highest BCUT2D eigenvalue weighted by molar-refractivity contribution is 5.95. The smallest absolute Gasteiger partial charge is 0.277 e. The average Bonchev–Trinajstić information content (AvgIpc) is 3.15. The molecule has 3 rings (SSSR count). The van der Waals surface area contributed by atoms with Gasteiger partial charge in [0.05, 0.1) is 18.0 Å². The van der Waals surface area contributed by atoms with Gasteiger partial charge in [0.2, 0.25) is 0 Å². The third-order valence-electron chi connectivity index (χ3n) is 4.47. The van der Waals surface area contributed by atoms with Crippen molar-refractivity contribution in [1.82, 2.24) is 19.9 Å². The predicted molar refractivity (Wildman–Crippen MR) is 121 cm³/mol. The molecule has 10 nitrogen and oxygen atoms in total. The topological polar surface area (TPSA) is 134 Å². The van der Waals surface area contributed by atoms with E-state index in [4.69, 9.17) is 9.84 Å². The van der Waals surface area contributed by atoms with E-state index in [1.807, 2.05) is 12.1 Å². The molecule has 3 aromatic rings. The van der Waals surface area contributed by atoms with Crippen molar-refractivity contribution < 1.29 is 19.7 Å². The maximum Gasteiger partial charge on any atom is 0.277 e. The van der Waals surface area contributed by atoms with Gasteiger partial charge < -0.3 is 20.3 Å². The van der Waals surface area contributed by atoms with Gasteiger partial charge in [-0.3, -0.25) is 9.79 Å². The molecule has 0 saturated heterocycles. The van der Waals surface area contributed by atoms with Gasteiger partial charge in [0.1, 0.15) is 30.6 Å². The molecule has 2 heterocycles. The number of para-hydroxylation sites is 1. The number of nitrogens with zero attached hydrogens (tertiary/aromatic N) is 5. The molecule has 0 unspecified atom stereocenters. The highest BCUT2D eigenvalue weighted by Gasteiger charge is 2.20. The third kappa shape index (κ3) is 5.05. The van der Waals surface area contributed by atoms with Gasteiger partial charge in [0.15, 0.2) is 11.3 Å². The number of rotatable bonds is 9. The van der Waals surface area contributed by atoms with Gasteiger partial charge in [0.25, 0.3) is 5.91 Å². The molecule has 1 amide bonds. The van der Waals surface area contributed by atoms with E-state index < -0.39 is 18.6 Å². The second kappa shape index (κ2) is 10.4. The van der Waals surface area contributed by atoms with Crippen LogP contribution in [0, 0.1) is 6.92 Å². The number of hydrogen-bond donors (Lipinski definition) is 3. The minimum atomic E-state index is -0.996. The molecule has 0 radical (unpaired) electrons. The number of ether oxygens (including phenoxy) is 1. The number of amides is 1. The van der Waals surface area contributed by atoms with Crippen LogP contribution in [-0.4, -0.2) is 63.1 Å². The molecular formula is C22H24N6O4. The van der Waals surface area contributed by atoms with Crippen LogP contribution in [-0.2, 0) is 0 Å². The van der Waals surface area contributed by atoms with Crippen LogP contribution in [0.15, 0.2) is 58.3 Å². The number of aliphatic hydroxyl groups excluding tert-OH is 2. The van der Waals surface area contributed by atoms with Crippen LogP contribution in [0.1, 0.15) is 23.1 Å². The van der Waals surface area contributed by atoms with Crippen molar-refractivity contribution in [3.63, 3.8) is 0 Å². The summed E-state index contributed by atoms with van der Waals surface area (Å²) in [5.41, 5.74) is 2.47. The lowest BCUT2D eigenvalue weighted by atomic mass is 10.1. The first-order chi connectivity index (χ1) is 15.5. The lowest BCUT2D eigenvalue weighted by Gasteiger charge is -2.13. The molecule has 1 atom stereocenters. The molecule has 0 aliphatic rings. The number of fused-ring (bicyclic) bond motifs is 1. The van der Waals surface area contributed by atoms with Crippen molar-refractivity contribution >= 4 is 24.6 Å². The molecule has 0 bridgehead atoms. The SMILES string of the molecule is C=NC=N/C(=C\C)NC(=O)c1c(C)nc2ccc(-c3ccccc3OC[C@H](O)CO)nn12. The zero-order chi connectivity index (χ0) is 23.1. The fourth-order valence-corrected chi connectivity index (χ4v) is 2.95. The van der Waals surface area contributed by atoms with E-state index in [9.17, 15) is 9.90 Å². The van der Waals surface area contributed by atoms with Crippen molar-refractivity contribution in [1.29, 1.82) is 0 Å². The number of hydrogen-bond acceptors (Lipinski definition) is 7. The molecule has 0 aliphatic heterocycles. The third-order valence-corrected chi connectivity index (χ3v) is 4.47. The zero-order valence-corrected chi connectivity index (χ0v) is 17.8. The Labute approximate surface area is 184 Å². The van der Waals surface area contributed by atoms with Crippen LogP contribution in [0.3, 0.4) is 0 Å². The maximum atomic E-state index is 12.9. The second-order valence-corrected chi connectivity index (χ2v) is 6.73. The standard InChI is InChI=1S/C22H24N6O4/c1-4-19(24-13-23-3)26-22(31)21-14(2)25-20-10-9-17(27-28(20)21)16-7-5-6-8-18(16)32-12-15(30)11-29/h4-10,13,15,29-30H,3,11-12H2,1-2H3,(H,26,31)/b19-4+,24-13?/t15-/m1/s1. The Kier molecular flexibility index (Phi) is 7.42. The first kappa shape index (κ1) is 22.8. The number of carbonyl (C=O) groups excluding carboxylic acids is 1. The van der Waals surface area contributed by atoms with Crippen molar-refractivity contribution in [2.24, 2.45) is 9.98 Å². The molecule has 0 saturated carbocycles. The van der Waals surface area contributed by atoms with Gasteiger partial charge in [-0.05, 0) is 50.9 Å². The molecule has 2 aromatic heterocycles. The molecule has 10 heteroatoms. The molecule has 0 spiro atoms. The minimum Gasteiger partial charge on any atom is -0.490 e. The average molecular weight is 436 g/mol. The summed E-state index contributed by atoms with van der Waals surface area (Å²) in [5, 5.41) is 25.9. The fraction of sp³-hybridized carbons (Fsp3) is 0.227. The number of aliphatic hydroxyl groups is 2. The Balaban J connectivity index is 1.99. The van der Waals surface area contributed by atoms with Crippen LogP contribution in [0.2, 0.25) is 0 Å². The summed E-state index contributed by atoms with van der Waals surface area (Å²) < 4.78 is 7.11. The van der Waals surface area contributed by atoms with Crippen LogP contribution < -0.4 is 10.1 Å². The van der Waals surface area contributed by atoms with Gasteiger partial charge in [0, 0.05) is 5.56 Å². The van der Waals surface area contributed by atoms with E-state index in [0.29, 0.717) is 34.2 Å². The van der Waals surface area contributed by atoms with Crippen molar-refractivity contribution in [2.45, 2.75) is 20.0 Å². The summed E-state index contributed by atoms with van der Waals surface area (Å²) in [5.74, 6) is 0.371. The number of nitrogens with one attached hydrogen (secondary N) is 1. The normalized spacial score (nSPS) is 12.8. The van der Waals surface area contributed by atoms with Gasteiger partial charge in [-0.25, -0.2) is 14.5 Å². The number of aliphatic imine (C=N–C) groups is 2. The number of carbonyl (C=O) groups is 1. The van der Waals surface area contributed by atoms with E-state index >= 15 is 0 Å². The number of imidazole rings is 1. The molecular weight excluding hydrogens is 412 g/mol. The molecule has 3 N–H and O–H groups in total. The summed E-state index contributed by atoms with van der Waals surface area (Å²) in [4.78, 5) is 24.9. The molecule has 1 aromatic carbocycles. The first-order valence-electron chi connectivity index (χ1n) is 9.82. The minimum absolute atomic E-state index is 0.0696. The predicted octanol–water partition coefficient (Wildman–Crippen LogP) is 1.76. The van der Waals surface area contributed by atoms with Gasteiger partial charge >= 0.3 is 0 Å². The van der Waals surface area contributed by atoms with Gasteiger partial charge in [-0.2, -0.15) is 5.10 Å². The monoisotopic (exact) mass is 436 g/mol. The lowest BCUT2D eigenvalue weighted by Crippen LogP contribution is -2.24. The largest absolute Gasteiger partial charge is 0.490 e. The second-order valence-electron chi connectivity index (χ2n) is 6.73. The van der Waals surface area contributed by atoms with E-state index in [-0.39, 0.29) is 12.3 Å². The summed E-state index contributed by atoms with van der Waals surface area (Å²) in [6.07, 6.45) is 1.87. The Morgan fingerprint density at radius 2 is 2.12 bits per heavy atom. The van der Waals surface area contributed by atoms with Crippen LogP contribution in [0.25, 0.3) is 16.9 Å². The molecule has 0 fully saturated rings. The Morgan fingerprint density at radius 1 is 1.34 bits per heavy atom. The van der Waals surface area contributed by atoms with Gasteiger partial charge in [-0.1, -0.05) is 12.1 Å². The number of aryl methyl sites for hydroxylation is 1. The Bertz CT molecular complexity index is 1180. The molecule has 0 aliphatic carbocycles. The Hall–Kier alpha value is -3.89. The van der Waals surface area contributed by atoms with Crippen molar-refractivity contribution in [3.05, 3.63) is 59.7 Å². The molecule has 32 heavy (non-hydrogen) atoms. The number of allylic oxidation sites excluding steroid dienone is 1. The lowest BCUT2D eigenvalue weighted by molar-refractivity contribution is 0.0538. The van der Waals surface area contributed by atoms with Crippen LogP contribution >= 0.6 is 0 Å². The highest BCUT2D eigenvalue weighted by atomic mass is 16.5. The fourth-order valence-electron chi connectivity index (χ4n) is 2.95. The summed E-state index contributed by atoms with van der Waals surface area (Å²) in [7, 11) is 0. The summed E-state index contributed by atoms with van der Waals surface area (Å²) in [6, 6.07) is 10.7. The zero-order valence-electron chi connectivity index (χ0n) is 17.8. The number of benzene rings is 1. The van der Waals surface area contributed by atoms with Gasteiger partial charge in [-0.15, -0.1) is 0 Å². The van der Waals surface area contributed by atoms with E-state index in [1.165, 1.54) is 10.9 Å². The van der Waals surface area contributed by atoms with E-state index in [0.717, 1.165) is 0 Å². The summed E-state index contributed by atoms with van der Waals surface area (Å²) in [6.45, 7) is 6.31. The maximum absolute atomic E-state index is 12.9. The first-order valence-corrected chi connectivity index (χ1v) is 9.82. The summed E-state index contributed by atoms with van der Waals surface area (Å²) >= 11 is 0. The van der Waals surface area contributed by atoms with Crippen molar-refractivity contribution in [3.8, 4) is 17.0 Å². The number of aromatic nitrogens is 3. The van der Waals surface area contributed by atoms with Crippen molar-refractivity contribution in [2.75, 3.05) is 13.2 Å². The quantitative estimate of drug-likeness (QED) is 0.346. The Morgan fingerprint density at radius 3 is 2.84 bits per heavy atom. The van der Waals surface area contributed by atoms with E-state index in [1.54, 1.807) is 44.2 Å². The van der Waals surface area contributed by atoms with E-state index in [2.05, 4.69) is 32.1 Å². The van der Waals surface area contributed by atoms with Crippen LogP contribution in [0.5, 0.6) is 5.75 Å². The molecule has 166 valence electrons. The highest BCUT2D eigenvalue weighted by Crippen LogP contribution is 2.29.